The highest BCUT2D eigenvalue weighted by molar-refractivity contribution is 7.12. The molecule has 0 N–H and O–H groups in total. The van der Waals surface area contributed by atoms with Gasteiger partial charge in [0.1, 0.15) is 10.7 Å². The first kappa shape index (κ1) is 12.7. The Kier molecular flexibility index (Phi) is 3.31. The number of ketones is 1. The van der Waals surface area contributed by atoms with Gasteiger partial charge in [0.2, 0.25) is 0 Å². The predicted molar refractivity (Wildman–Crippen MR) is 73.8 cm³/mol. The fourth-order valence-electron chi connectivity index (χ4n) is 3.32. The Morgan fingerprint density at radius 3 is 2.68 bits per heavy atom. The lowest BCUT2D eigenvalue weighted by molar-refractivity contribution is -0.121. The predicted octanol–water partition coefficient (Wildman–Crippen LogP) is 2.63. The molecule has 2 unspecified atom stereocenters. The van der Waals surface area contributed by atoms with Crippen molar-refractivity contribution in [2.45, 2.75) is 44.2 Å². The van der Waals surface area contributed by atoms with E-state index in [1.165, 1.54) is 24.9 Å². The highest BCUT2D eigenvalue weighted by Gasteiger charge is 2.39. The van der Waals surface area contributed by atoms with Gasteiger partial charge in [0.05, 0.1) is 12.8 Å². The number of Topliss-reactive ketones (excluding diaryl/α,β-unsaturated/α-hetero) is 1. The smallest absolute Gasteiger partial charge is 0.350 e. The summed E-state index contributed by atoms with van der Waals surface area (Å²) in [5, 5.41) is 1.92. The summed E-state index contributed by atoms with van der Waals surface area (Å²) >= 11 is 1.41. The second-order valence-electron chi connectivity index (χ2n) is 5.22. The number of rotatable bonds is 2. The number of nitrogens with zero attached hydrogens (tertiary/aromatic N) is 1. The molecule has 0 spiro atoms. The van der Waals surface area contributed by atoms with E-state index in [2.05, 4.69) is 4.90 Å². The molecule has 3 rings (SSSR count). The molecule has 102 valence electrons. The van der Waals surface area contributed by atoms with Gasteiger partial charge < -0.3 is 9.64 Å². The zero-order valence-electron chi connectivity index (χ0n) is 10.9. The third-order valence-corrected chi connectivity index (χ3v) is 4.97. The molecule has 1 aromatic heterocycles. The summed E-state index contributed by atoms with van der Waals surface area (Å²) in [6.45, 7) is 0. The molecule has 0 aromatic carbocycles. The minimum Gasteiger partial charge on any atom is -0.465 e. The number of carbonyl (C=O) groups is 2. The zero-order chi connectivity index (χ0) is 13.4. The second-order valence-corrected chi connectivity index (χ2v) is 6.14. The van der Waals surface area contributed by atoms with Crippen molar-refractivity contribution in [2.75, 3.05) is 12.0 Å². The van der Waals surface area contributed by atoms with Gasteiger partial charge in [-0.3, -0.25) is 4.79 Å². The van der Waals surface area contributed by atoms with Crippen molar-refractivity contribution in [2.24, 2.45) is 0 Å². The van der Waals surface area contributed by atoms with Gasteiger partial charge in [0, 0.05) is 24.9 Å². The quantitative estimate of drug-likeness (QED) is 0.781. The third kappa shape index (κ3) is 2.16. The lowest BCUT2D eigenvalue weighted by atomic mass is 9.83. The lowest BCUT2D eigenvalue weighted by Crippen LogP contribution is -2.52. The highest BCUT2D eigenvalue weighted by atomic mass is 32.1. The molecule has 2 aliphatic rings. The minimum atomic E-state index is -0.278. The van der Waals surface area contributed by atoms with Crippen LogP contribution in [0.15, 0.2) is 11.4 Å². The first-order valence-electron chi connectivity index (χ1n) is 6.66. The van der Waals surface area contributed by atoms with Gasteiger partial charge in [-0.1, -0.05) is 0 Å². The average molecular weight is 279 g/mol. The Hall–Kier alpha value is -1.36. The molecule has 4 nitrogen and oxygen atoms in total. The number of anilines is 1. The van der Waals surface area contributed by atoms with Crippen LogP contribution in [-0.2, 0) is 9.53 Å². The van der Waals surface area contributed by atoms with E-state index >= 15 is 0 Å². The number of thiophene rings is 1. The van der Waals surface area contributed by atoms with Crippen LogP contribution in [-0.4, -0.2) is 30.9 Å². The van der Waals surface area contributed by atoms with E-state index in [1.54, 1.807) is 0 Å². The Morgan fingerprint density at radius 1 is 1.37 bits per heavy atom. The van der Waals surface area contributed by atoms with Crippen molar-refractivity contribution in [3.05, 3.63) is 16.3 Å². The lowest BCUT2D eigenvalue weighted by Gasteiger charge is -2.46. The van der Waals surface area contributed by atoms with Crippen LogP contribution in [0.4, 0.5) is 5.69 Å². The molecule has 0 saturated carbocycles. The molecular formula is C14H17NO3S. The Morgan fingerprint density at radius 2 is 2.05 bits per heavy atom. The van der Waals surface area contributed by atoms with Crippen LogP contribution in [0, 0.1) is 0 Å². The molecule has 3 heterocycles. The summed E-state index contributed by atoms with van der Waals surface area (Å²) in [6, 6.07) is 2.51. The molecule has 2 atom stereocenters. The highest BCUT2D eigenvalue weighted by Crippen LogP contribution is 2.39. The number of piperidine rings is 2. The summed E-state index contributed by atoms with van der Waals surface area (Å²) in [4.78, 5) is 26.5. The van der Waals surface area contributed by atoms with Crippen molar-refractivity contribution >= 4 is 28.8 Å². The Balaban J connectivity index is 1.95. The molecule has 2 saturated heterocycles. The van der Waals surface area contributed by atoms with Gasteiger partial charge in [0.15, 0.2) is 0 Å². The minimum absolute atomic E-state index is 0.262. The van der Waals surface area contributed by atoms with Crippen LogP contribution in [0.3, 0.4) is 0 Å². The van der Waals surface area contributed by atoms with Crippen LogP contribution >= 0.6 is 11.3 Å². The van der Waals surface area contributed by atoms with Crippen LogP contribution in [0.25, 0.3) is 0 Å². The van der Waals surface area contributed by atoms with Crippen LogP contribution in [0.1, 0.15) is 41.8 Å². The number of methoxy groups -OCH3 is 1. The zero-order valence-corrected chi connectivity index (χ0v) is 11.7. The van der Waals surface area contributed by atoms with E-state index < -0.39 is 0 Å². The number of ether oxygens (including phenoxy) is 1. The first-order valence-corrected chi connectivity index (χ1v) is 7.54. The van der Waals surface area contributed by atoms with E-state index in [1.807, 2.05) is 11.4 Å². The van der Waals surface area contributed by atoms with Gasteiger partial charge in [-0.25, -0.2) is 4.79 Å². The fourth-order valence-corrected chi connectivity index (χ4v) is 4.13. The van der Waals surface area contributed by atoms with Crippen molar-refractivity contribution in [3.63, 3.8) is 0 Å². The number of fused-ring (bicyclic) bond motifs is 2. The molecule has 2 bridgehead atoms. The largest absolute Gasteiger partial charge is 0.465 e. The number of hydrogen-bond donors (Lipinski definition) is 0. The second kappa shape index (κ2) is 4.96. The van der Waals surface area contributed by atoms with Crippen molar-refractivity contribution in [1.82, 2.24) is 0 Å². The summed E-state index contributed by atoms with van der Waals surface area (Å²) in [5.74, 6) is 0.0840. The number of esters is 1. The van der Waals surface area contributed by atoms with E-state index in [9.17, 15) is 9.59 Å². The summed E-state index contributed by atoms with van der Waals surface area (Å²) in [5.41, 5.74) is 0.957. The van der Waals surface area contributed by atoms with E-state index in [0.29, 0.717) is 23.5 Å². The van der Waals surface area contributed by atoms with Crippen LogP contribution in [0.5, 0.6) is 0 Å². The summed E-state index contributed by atoms with van der Waals surface area (Å²) in [6.07, 6.45) is 4.49. The maximum Gasteiger partial charge on any atom is 0.350 e. The number of carbonyl (C=O) groups excluding carboxylic acids is 2. The summed E-state index contributed by atoms with van der Waals surface area (Å²) < 4.78 is 4.85. The Bertz CT molecular complexity index is 495. The molecule has 2 fully saturated rings. The molecule has 19 heavy (non-hydrogen) atoms. The standard InChI is InChI=1S/C14H17NO3S/c1-18-14(17)13-12(5-6-19-13)15-9-3-2-4-10(15)8-11(16)7-9/h5-6,9-10H,2-4,7-8H2,1H3. The molecule has 2 aliphatic heterocycles. The molecule has 0 aliphatic carbocycles. The third-order valence-electron chi connectivity index (χ3n) is 4.08. The van der Waals surface area contributed by atoms with Crippen LogP contribution < -0.4 is 4.90 Å². The monoisotopic (exact) mass is 279 g/mol. The van der Waals surface area contributed by atoms with Crippen LogP contribution in [0.2, 0.25) is 0 Å². The molecular weight excluding hydrogens is 262 g/mol. The van der Waals surface area contributed by atoms with Gasteiger partial charge in [-0.05, 0) is 30.7 Å². The van der Waals surface area contributed by atoms with Gasteiger partial charge >= 0.3 is 5.97 Å². The van der Waals surface area contributed by atoms with Crippen molar-refractivity contribution in [3.8, 4) is 0 Å². The topological polar surface area (TPSA) is 46.6 Å². The van der Waals surface area contributed by atoms with E-state index in [-0.39, 0.29) is 18.1 Å². The SMILES string of the molecule is COC(=O)c1sccc1N1C2CCCC1CC(=O)C2. The molecule has 0 amide bonds. The maximum atomic E-state index is 11.8. The Labute approximate surface area is 116 Å². The normalized spacial score (nSPS) is 26.4. The molecule has 1 aromatic rings. The first-order chi connectivity index (χ1) is 9.20. The fraction of sp³-hybridized carbons (Fsp3) is 0.571. The van der Waals surface area contributed by atoms with Gasteiger partial charge in [-0.15, -0.1) is 11.3 Å². The van der Waals surface area contributed by atoms with Gasteiger partial charge in [0.25, 0.3) is 0 Å². The maximum absolute atomic E-state index is 11.8. The molecule has 0 radical (unpaired) electrons. The van der Waals surface area contributed by atoms with Crippen molar-refractivity contribution < 1.29 is 14.3 Å². The average Bonchev–Trinajstić information content (AvgIpc) is 2.85. The number of hydrogen-bond acceptors (Lipinski definition) is 5. The van der Waals surface area contributed by atoms with Crippen molar-refractivity contribution in [1.29, 1.82) is 0 Å². The van der Waals surface area contributed by atoms with E-state index in [0.717, 1.165) is 18.5 Å². The van der Waals surface area contributed by atoms with Gasteiger partial charge in [-0.2, -0.15) is 0 Å². The summed E-state index contributed by atoms with van der Waals surface area (Å²) in [7, 11) is 1.41. The molecule has 5 heteroatoms. The van der Waals surface area contributed by atoms with E-state index in [4.69, 9.17) is 4.74 Å².